The Morgan fingerprint density at radius 3 is 0.518 bits per heavy atom. The molecule has 0 fully saturated rings. The van der Waals surface area contributed by atoms with E-state index in [2.05, 4.69) is 72.8 Å². The molecular weight excluding hydrogens is 689 g/mol. The van der Waals surface area contributed by atoms with Crippen LogP contribution in [0.3, 0.4) is 0 Å². The summed E-state index contributed by atoms with van der Waals surface area (Å²) >= 11 is 0. The van der Waals surface area contributed by atoms with E-state index in [1.165, 1.54) is 44.5 Å². The van der Waals surface area contributed by atoms with Crippen LogP contribution in [0.4, 0.5) is 0 Å². The lowest BCUT2D eigenvalue weighted by Gasteiger charge is -2.17. The summed E-state index contributed by atoms with van der Waals surface area (Å²) in [4.78, 5) is 0. The second-order valence-corrected chi connectivity index (χ2v) is 15.0. The Morgan fingerprint density at radius 2 is 0.357 bits per heavy atom. The standard InChI is InChI=1S/C52H40O4/c53-49-9-1-41(2-10-49)45-25-33-17-34(26-45)22-36-19-38(30-47(28-36)43-5-13-51(55)14-6-43)24-40-20-39(31-48(32-40)44-7-15-52(56)16-8-44)23-37-18-35(21-33)27-46(29-37)42-3-11-50(54)12-4-42/h1-20,25-32,53-56H,21-24H2. The highest BCUT2D eigenvalue weighted by Crippen LogP contribution is 2.34. The average Bonchev–Trinajstić information content (AvgIpc) is 3.18. The summed E-state index contributed by atoms with van der Waals surface area (Å²) in [6.07, 6.45) is 2.87. The van der Waals surface area contributed by atoms with Crippen molar-refractivity contribution in [3.05, 3.63) is 214 Å². The van der Waals surface area contributed by atoms with Crippen molar-refractivity contribution in [2.24, 2.45) is 0 Å². The lowest BCUT2D eigenvalue weighted by Crippen LogP contribution is -2.00. The van der Waals surface area contributed by atoms with Crippen molar-refractivity contribution in [3.63, 3.8) is 0 Å². The Balaban J connectivity index is 1.24. The fourth-order valence-electron chi connectivity index (χ4n) is 8.09. The van der Waals surface area contributed by atoms with Crippen molar-refractivity contribution >= 4 is 0 Å². The van der Waals surface area contributed by atoms with Gasteiger partial charge in [-0.2, -0.15) is 0 Å². The van der Waals surface area contributed by atoms with Gasteiger partial charge in [-0.05, 0) is 163 Å². The molecule has 0 saturated heterocycles. The quantitative estimate of drug-likeness (QED) is 0.145. The maximum Gasteiger partial charge on any atom is 0.115 e. The molecule has 0 heterocycles. The first kappa shape index (κ1) is 34.7. The van der Waals surface area contributed by atoms with Crippen LogP contribution in [0.2, 0.25) is 0 Å². The van der Waals surface area contributed by atoms with Crippen molar-refractivity contribution in [1.29, 1.82) is 0 Å². The van der Waals surface area contributed by atoms with Crippen LogP contribution < -0.4 is 0 Å². The SMILES string of the molecule is Oc1ccc(-c2cc3cc(c2)Cc2cc(cc(-c4ccc(O)cc4)c2)Cc2cc(cc(-c4ccc(O)cc4)c2)Cc2cc(cc(-c4ccc(O)cc4)c2)C3)cc1. The molecule has 8 aromatic carbocycles. The largest absolute Gasteiger partial charge is 0.508 e. The van der Waals surface area contributed by atoms with Crippen LogP contribution in [0.5, 0.6) is 23.0 Å². The lowest BCUT2D eigenvalue weighted by molar-refractivity contribution is 0.475. The van der Waals surface area contributed by atoms with Crippen LogP contribution in [0.15, 0.2) is 170 Å². The molecule has 4 N–H and O–H groups in total. The smallest absolute Gasteiger partial charge is 0.115 e. The van der Waals surface area contributed by atoms with Crippen molar-refractivity contribution < 1.29 is 20.4 Å². The van der Waals surface area contributed by atoms with Gasteiger partial charge in [-0.25, -0.2) is 0 Å². The van der Waals surface area contributed by atoms with Gasteiger partial charge in [0.25, 0.3) is 0 Å². The summed E-state index contributed by atoms with van der Waals surface area (Å²) in [7, 11) is 0. The van der Waals surface area contributed by atoms with E-state index in [-0.39, 0.29) is 23.0 Å². The molecule has 9 rings (SSSR count). The first-order chi connectivity index (χ1) is 27.2. The zero-order valence-corrected chi connectivity index (χ0v) is 30.8. The van der Waals surface area contributed by atoms with Crippen molar-refractivity contribution in [3.8, 4) is 67.5 Å². The first-order valence-corrected chi connectivity index (χ1v) is 18.9. The Hall–Kier alpha value is -7.04. The zero-order chi connectivity index (χ0) is 38.2. The van der Waals surface area contributed by atoms with Gasteiger partial charge in [0, 0.05) is 0 Å². The zero-order valence-electron chi connectivity index (χ0n) is 30.8. The minimum Gasteiger partial charge on any atom is -0.508 e. The van der Waals surface area contributed by atoms with Crippen LogP contribution in [0.1, 0.15) is 44.5 Å². The Bertz CT molecular complexity index is 2230. The molecule has 8 aromatic rings. The van der Waals surface area contributed by atoms with Gasteiger partial charge in [0.15, 0.2) is 0 Å². The molecule has 0 aliphatic heterocycles. The van der Waals surface area contributed by atoms with Gasteiger partial charge < -0.3 is 20.4 Å². The topological polar surface area (TPSA) is 80.9 Å². The third-order valence-corrected chi connectivity index (χ3v) is 10.6. The highest BCUT2D eigenvalue weighted by Gasteiger charge is 2.14. The molecule has 4 nitrogen and oxygen atoms in total. The molecule has 0 amide bonds. The normalized spacial score (nSPS) is 12.3. The summed E-state index contributed by atoms with van der Waals surface area (Å²) in [5, 5.41) is 40.4. The summed E-state index contributed by atoms with van der Waals surface area (Å²) < 4.78 is 0. The van der Waals surface area contributed by atoms with Gasteiger partial charge in [-0.15, -0.1) is 0 Å². The van der Waals surface area contributed by atoms with Gasteiger partial charge in [0.2, 0.25) is 0 Å². The summed E-state index contributed by atoms with van der Waals surface area (Å²) in [6, 6.07) is 57.0. The summed E-state index contributed by atoms with van der Waals surface area (Å²) in [5.41, 5.74) is 18.1. The number of hydrogen-bond donors (Lipinski definition) is 4. The van der Waals surface area contributed by atoms with Crippen LogP contribution in [0, 0.1) is 0 Å². The van der Waals surface area contributed by atoms with Crippen LogP contribution in [-0.2, 0) is 25.7 Å². The lowest BCUT2D eigenvalue weighted by atomic mass is 9.88. The Kier molecular flexibility index (Phi) is 9.08. The van der Waals surface area contributed by atoms with E-state index in [9.17, 15) is 20.4 Å². The van der Waals surface area contributed by atoms with E-state index in [1.807, 2.05) is 48.5 Å². The monoisotopic (exact) mass is 728 g/mol. The third kappa shape index (κ3) is 7.77. The fourth-order valence-corrected chi connectivity index (χ4v) is 8.09. The second-order valence-electron chi connectivity index (χ2n) is 15.0. The molecule has 8 bridgehead atoms. The molecule has 4 heteroatoms. The van der Waals surface area contributed by atoms with Gasteiger partial charge >= 0.3 is 0 Å². The van der Waals surface area contributed by atoms with E-state index < -0.39 is 0 Å². The number of phenolic OH excluding ortho intramolecular Hbond substituents is 4. The minimum absolute atomic E-state index is 0.240. The van der Waals surface area contributed by atoms with Gasteiger partial charge in [0.05, 0.1) is 0 Å². The second kappa shape index (κ2) is 14.7. The molecule has 0 spiro atoms. The van der Waals surface area contributed by atoms with Crippen LogP contribution in [-0.4, -0.2) is 20.4 Å². The molecule has 272 valence electrons. The van der Waals surface area contributed by atoms with E-state index in [0.717, 1.165) is 70.2 Å². The highest BCUT2D eigenvalue weighted by molar-refractivity contribution is 5.71. The van der Waals surface area contributed by atoms with Gasteiger partial charge in [-0.1, -0.05) is 121 Å². The maximum absolute atomic E-state index is 10.1. The highest BCUT2D eigenvalue weighted by atomic mass is 16.3. The molecule has 0 radical (unpaired) electrons. The van der Waals surface area contributed by atoms with Crippen molar-refractivity contribution in [2.45, 2.75) is 25.7 Å². The van der Waals surface area contributed by atoms with Crippen LogP contribution >= 0.6 is 0 Å². The van der Waals surface area contributed by atoms with Gasteiger partial charge in [-0.3, -0.25) is 0 Å². The predicted octanol–water partition coefficient (Wildman–Crippen LogP) is 11.9. The number of phenols is 4. The molecule has 1 aliphatic carbocycles. The fraction of sp³-hybridized carbons (Fsp3) is 0.0769. The Morgan fingerprint density at radius 1 is 0.196 bits per heavy atom. The van der Waals surface area contributed by atoms with E-state index >= 15 is 0 Å². The number of fused-ring (bicyclic) bond motifs is 8. The summed E-state index contributed by atoms with van der Waals surface area (Å²) in [6.45, 7) is 0. The number of rotatable bonds is 4. The van der Waals surface area contributed by atoms with E-state index in [1.54, 1.807) is 48.5 Å². The molecule has 56 heavy (non-hydrogen) atoms. The minimum atomic E-state index is 0.240. The van der Waals surface area contributed by atoms with E-state index in [0.29, 0.717) is 0 Å². The molecule has 0 aromatic heterocycles. The number of aromatic hydroxyl groups is 4. The molecule has 0 saturated carbocycles. The molecule has 0 unspecified atom stereocenters. The average molecular weight is 729 g/mol. The number of benzene rings is 8. The predicted molar refractivity (Wildman–Crippen MR) is 225 cm³/mol. The molecule has 1 aliphatic rings. The molecule has 0 atom stereocenters. The van der Waals surface area contributed by atoms with Gasteiger partial charge in [0.1, 0.15) is 23.0 Å². The third-order valence-electron chi connectivity index (χ3n) is 10.6. The first-order valence-electron chi connectivity index (χ1n) is 18.9. The van der Waals surface area contributed by atoms with E-state index in [4.69, 9.17) is 0 Å². The van der Waals surface area contributed by atoms with Crippen molar-refractivity contribution in [1.82, 2.24) is 0 Å². The van der Waals surface area contributed by atoms with Crippen LogP contribution in [0.25, 0.3) is 44.5 Å². The maximum atomic E-state index is 10.1. The summed E-state index contributed by atoms with van der Waals surface area (Å²) in [5.74, 6) is 0.958. The molecular formula is C52H40O4. The number of hydrogen-bond acceptors (Lipinski definition) is 4. The Labute approximate surface area is 326 Å². The van der Waals surface area contributed by atoms with Crippen molar-refractivity contribution in [2.75, 3.05) is 0 Å².